The molecule has 1 aliphatic rings. The Morgan fingerprint density at radius 2 is 2.08 bits per heavy atom. The van der Waals surface area contributed by atoms with Crippen LogP contribution < -0.4 is 10.2 Å². The quantitative estimate of drug-likeness (QED) is 0.934. The zero-order valence-electron chi connectivity index (χ0n) is 14.6. The Balaban J connectivity index is 1.56. The first-order chi connectivity index (χ1) is 11.4. The Morgan fingerprint density at radius 1 is 1.29 bits per heavy atom. The molecule has 0 unspecified atom stereocenters. The van der Waals surface area contributed by atoms with Crippen LogP contribution in [0.5, 0.6) is 0 Å². The fourth-order valence-corrected chi connectivity index (χ4v) is 2.89. The number of rotatable bonds is 4. The number of amides is 1. The summed E-state index contributed by atoms with van der Waals surface area (Å²) in [7, 11) is 0. The average Bonchev–Trinajstić information content (AvgIpc) is 3.03. The molecule has 0 radical (unpaired) electrons. The summed E-state index contributed by atoms with van der Waals surface area (Å²) in [5.41, 5.74) is 3.06. The van der Waals surface area contributed by atoms with Gasteiger partial charge < -0.3 is 10.2 Å². The van der Waals surface area contributed by atoms with Gasteiger partial charge in [0, 0.05) is 18.8 Å². The van der Waals surface area contributed by atoms with Crippen LogP contribution in [0, 0.1) is 0 Å². The van der Waals surface area contributed by atoms with Crippen molar-refractivity contribution in [1.82, 2.24) is 20.3 Å². The van der Waals surface area contributed by atoms with E-state index >= 15 is 0 Å². The van der Waals surface area contributed by atoms with Crippen molar-refractivity contribution >= 4 is 11.6 Å². The molecule has 0 atom stereocenters. The summed E-state index contributed by atoms with van der Waals surface area (Å²) in [6.45, 7) is 7.87. The van der Waals surface area contributed by atoms with Gasteiger partial charge in [-0.3, -0.25) is 4.79 Å². The molecule has 0 fully saturated rings. The molecule has 6 heteroatoms. The SMILES string of the molecule is CC(C)(C)n1cc(CNCC(=O)N2CCCc3ccccc32)nn1. The van der Waals surface area contributed by atoms with E-state index in [-0.39, 0.29) is 11.4 Å². The lowest BCUT2D eigenvalue weighted by molar-refractivity contribution is -0.117. The molecule has 2 aromatic rings. The van der Waals surface area contributed by atoms with Crippen molar-refractivity contribution in [2.75, 3.05) is 18.0 Å². The van der Waals surface area contributed by atoms with Gasteiger partial charge in [0.1, 0.15) is 0 Å². The zero-order chi connectivity index (χ0) is 17.2. The fraction of sp³-hybridized carbons (Fsp3) is 0.500. The topological polar surface area (TPSA) is 63.1 Å². The Kier molecular flexibility index (Phi) is 4.66. The fourth-order valence-electron chi connectivity index (χ4n) is 2.89. The number of anilines is 1. The summed E-state index contributed by atoms with van der Waals surface area (Å²) in [6.07, 6.45) is 3.99. The molecule has 1 aromatic carbocycles. The van der Waals surface area contributed by atoms with E-state index in [2.05, 4.69) is 42.5 Å². The molecule has 24 heavy (non-hydrogen) atoms. The van der Waals surface area contributed by atoms with Gasteiger partial charge in [-0.05, 0) is 45.2 Å². The van der Waals surface area contributed by atoms with Gasteiger partial charge in [0.25, 0.3) is 0 Å². The predicted octanol–water partition coefficient (Wildman–Crippen LogP) is 2.10. The predicted molar refractivity (Wildman–Crippen MR) is 93.8 cm³/mol. The van der Waals surface area contributed by atoms with Gasteiger partial charge in [-0.1, -0.05) is 23.4 Å². The minimum absolute atomic E-state index is 0.0847. The van der Waals surface area contributed by atoms with Gasteiger partial charge in [-0.15, -0.1) is 5.10 Å². The lowest BCUT2D eigenvalue weighted by Crippen LogP contribution is -2.41. The Hall–Kier alpha value is -2.21. The monoisotopic (exact) mass is 327 g/mol. The van der Waals surface area contributed by atoms with E-state index in [1.54, 1.807) is 0 Å². The number of carbonyl (C=O) groups is 1. The maximum atomic E-state index is 12.5. The number of aromatic nitrogens is 3. The number of aryl methyl sites for hydroxylation is 1. The van der Waals surface area contributed by atoms with Crippen molar-refractivity contribution in [2.45, 2.75) is 45.7 Å². The first-order valence-corrected chi connectivity index (χ1v) is 8.46. The molecule has 0 aliphatic carbocycles. The van der Waals surface area contributed by atoms with Crippen LogP contribution in [0.2, 0.25) is 0 Å². The van der Waals surface area contributed by atoms with Crippen LogP contribution in [0.1, 0.15) is 38.4 Å². The van der Waals surface area contributed by atoms with Crippen molar-refractivity contribution in [3.8, 4) is 0 Å². The standard InChI is InChI=1S/C18H25N5O/c1-18(2,3)23-13-15(20-21-23)11-19-12-17(24)22-10-6-8-14-7-4-5-9-16(14)22/h4-5,7,9,13,19H,6,8,10-12H2,1-3H3. The van der Waals surface area contributed by atoms with E-state index < -0.39 is 0 Å². The van der Waals surface area contributed by atoms with Gasteiger partial charge in [0.2, 0.25) is 5.91 Å². The summed E-state index contributed by atoms with van der Waals surface area (Å²) < 4.78 is 1.84. The summed E-state index contributed by atoms with van der Waals surface area (Å²) in [5, 5.41) is 11.5. The van der Waals surface area contributed by atoms with E-state index in [0.29, 0.717) is 13.1 Å². The largest absolute Gasteiger partial charge is 0.311 e. The molecule has 0 spiro atoms. The second-order valence-electron chi connectivity index (χ2n) is 7.21. The van der Waals surface area contributed by atoms with Crippen molar-refractivity contribution in [3.05, 3.63) is 41.7 Å². The van der Waals surface area contributed by atoms with E-state index in [1.807, 2.05) is 34.0 Å². The van der Waals surface area contributed by atoms with Crippen molar-refractivity contribution in [2.24, 2.45) is 0 Å². The first kappa shape index (κ1) is 16.6. The van der Waals surface area contributed by atoms with Gasteiger partial charge in [0.15, 0.2) is 0 Å². The van der Waals surface area contributed by atoms with Crippen molar-refractivity contribution in [1.29, 1.82) is 0 Å². The second kappa shape index (κ2) is 6.73. The maximum absolute atomic E-state index is 12.5. The Morgan fingerprint density at radius 3 is 2.83 bits per heavy atom. The van der Waals surface area contributed by atoms with E-state index in [1.165, 1.54) is 5.56 Å². The summed E-state index contributed by atoms with van der Waals surface area (Å²) in [4.78, 5) is 14.4. The van der Waals surface area contributed by atoms with Crippen molar-refractivity contribution < 1.29 is 4.79 Å². The highest BCUT2D eigenvalue weighted by Gasteiger charge is 2.21. The van der Waals surface area contributed by atoms with Crippen LogP contribution in [0.3, 0.4) is 0 Å². The molecule has 1 aromatic heterocycles. The number of para-hydroxylation sites is 1. The summed E-state index contributed by atoms with van der Waals surface area (Å²) in [6, 6.07) is 8.15. The molecule has 6 nitrogen and oxygen atoms in total. The second-order valence-corrected chi connectivity index (χ2v) is 7.21. The third kappa shape index (κ3) is 3.64. The number of hydrogen-bond donors (Lipinski definition) is 1. The smallest absolute Gasteiger partial charge is 0.240 e. The minimum atomic E-state index is -0.0847. The molecule has 0 saturated carbocycles. The van der Waals surface area contributed by atoms with Crippen LogP contribution in [0.25, 0.3) is 0 Å². The number of fused-ring (bicyclic) bond motifs is 1. The number of benzene rings is 1. The van der Waals surface area contributed by atoms with Gasteiger partial charge in [-0.25, -0.2) is 4.68 Å². The van der Waals surface area contributed by atoms with Crippen LogP contribution in [0.15, 0.2) is 30.5 Å². The van der Waals surface area contributed by atoms with Crippen LogP contribution >= 0.6 is 0 Å². The van der Waals surface area contributed by atoms with Crippen LogP contribution in [-0.4, -0.2) is 34.0 Å². The van der Waals surface area contributed by atoms with E-state index in [9.17, 15) is 4.79 Å². The average molecular weight is 327 g/mol. The maximum Gasteiger partial charge on any atom is 0.240 e. The zero-order valence-corrected chi connectivity index (χ0v) is 14.6. The highest BCUT2D eigenvalue weighted by atomic mass is 16.2. The first-order valence-electron chi connectivity index (χ1n) is 8.46. The van der Waals surface area contributed by atoms with Gasteiger partial charge >= 0.3 is 0 Å². The molecular formula is C18H25N5O. The molecular weight excluding hydrogens is 302 g/mol. The van der Waals surface area contributed by atoms with Gasteiger partial charge in [0.05, 0.1) is 24.0 Å². The number of hydrogen-bond acceptors (Lipinski definition) is 4. The number of nitrogens with zero attached hydrogens (tertiary/aromatic N) is 4. The summed E-state index contributed by atoms with van der Waals surface area (Å²) >= 11 is 0. The third-order valence-corrected chi connectivity index (χ3v) is 4.22. The van der Waals surface area contributed by atoms with Crippen molar-refractivity contribution in [3.63, 3.8) is 0 Å². The normalized spacial score (nSPS) is 14.5. The minimum Gasteiger partial charge on any atom is -0.311 e. The lowest BCUT2D eigenvalue weighted by atomic mass is 10.0. The summed E-state index contributed by atoms with van der Waals surface area (Å²) in [5.74, 6) is 0.102. The number of nitrogens with one attached hydrogen (secondary N) is 1. The molecule has 3 rings (SSSR count). The van der Waals surface area contributed by atoms with Crippen LogP contribution in [-0.2, 0) is 23.3 Å². The molecule has 1 aliphatic heterocycles. The number of carbonyl (C=O) groups excluding carboxylic acids is 1. The third-order valence-electron chi connectivity index (χ3n) is 4.22. The molecule has 0 bridgehead atoms. The molecule has 2 heterocycles. The Labute approximate surface area is 142 Å². The van der Waals surface area contributed by atoms with E-state index in [0.717, 1.165) is 30.8 Å². The molecule has 0 saturated heterocycles. The Bertz CT molecular complexity index is 716. The van der Waals surface area contributed by atoms with E-state index in [4.69, 9.17) is 0 Å². The molecule has 1 amide bonds. The van der Waals surface area contributed by atoms with Gasteiger partial charge in [-0.2, -0.15) is 0 Å². The highest BCUT2D eigenvalue weighted by Crippen LogP contribution is 2.26. The molecule has 128 valence electrons. The van der Waals surface area contributed by atoms with Crippen LogP contribution in [0.4, 0.5) is 5.69 Å². The lowest BCUT2D eigenvalue weighted by Gasteiger charge is -2.29. The highest BCUT2D eigenvalue weighted by molar-refractivity contribution is 5.95. The molecule has 1 N–H and O–H groups in total.